The maximum absolute atomic E-state index is 13.1. The van der Waals surface area contributed by atoms with E-state index in [2.05, 4.69) is 10.3 Å². The van der Waals surface area contributed by atoms with Gasteiger partial charge in [-0.1, -0.05) is 25.1 Å². The van der Waals surface area contributed by atoms with Crippen molar-refractivity contribution in [2.24, 2.45) is 11.8 Å². The van der Waals surface area contributed by atoms with E-state index >= 15 is 0 Å². The van der Waals surface area contributed by atoms with Crippen molar-refractivity contribution in [1.29, 1.82) is 0 Å². The van der Waals surface area contributed by atoms with E-state index in [9.17, 15) is 30.9 Å². The molecule has 0 saturated heterocycles. The molecule has 1 amide bonds. The van der Waals surface area contributed by atoms with Gasteiger partial charge >= 0.3 is 6.18 Å². The van der Waals surface area contributed by atoms with Gasteiger partial charge in [0.1, 0.15) is 5.69 Å². The van der Waals surface area contributed by atoms with E-state index in [4.69, 9.17) is 10.5 Å². The lowest BCUT2D eigenvalue weighted by atomic mass is 9.98. The number of amides is 1. The Hall–Kier alpha value is -2.86. The first-order valence-electron chi connectivity index (χ1n) is 10.1. The van der Waals surface area contributed by atoms with Gasteiger partial charge in [0.15, 0.2) is 0 Å². The number of nitrogens with two attached hydrogens (primary N) is 1. The van der Waals surface area contributed by atoms with Gasteiger partial charge in [-0.3, -0.25) is 9.35 Å². The quantitative estimate of drug-likeness (QED) is 0.366. The number of pyridine rings is 1. The molecule has 0 bridgehead atoms. The molecule has 4 N–H and O–H groups in total. The average Bonchev–Trinajstić information content (AvgIpc) is 3.43. The summed E-state index contributed by atoms with van der Waals surface area (Å²) in [6.45, 7) is 1.93. The summed E-state index contributed by atoms with van der Waals surface area (Å²) in [5, 5.41) is 2.49. The molecule has 3 rings (SSSR count). The SMILES string of the molecule is CC1CC1COc1nc(C(F)(F)F)ccc1CNC(=O)C(CS(=O)(=O)O)c1ccccc1N. The fourth-order valence-electron chi connectivity index (χ4n) is 3.36. The predicted molar refractivity (Wildman–Crippen MR) is 114 cm³/mol. The molecule has 1 aliphatic carbocycles. The number of ether oxygens (including phenoxy) is 1. The number of anilines is 1. The lowest BCUT2D eigenvalue weighted by molar-refractivity contribution is -0.141. The predicted octanol–water partition coefficient (Wildman–Crippen LogP) is 3.01. The number of hydrogen-bond donors (Lipinski definition) is 3. The highest BCUT2D eigenvalue weighted by Gasteiger charge is 2.35. The highest BCUT2D eigenvalue weighted by molar-refractivity contribution is 7.85. The first-order valence-corrected chi connectivity index (χ1v) is 11.7. The zero-order chi connectivity index (χ0) is 24.4. The molecular formula is C21H24F3N3O5S. The molecule has 1 aliphatic rings. The van der Waals surface area contributed by atoms with Crippen molar-refractivity contribution in [1.82, 2.24) is 10.3 Å². The van der Waals surface area contributed by atoms with Crippen LogP contribution in [0.25, 0.3) is 0 Å². The highest BCUT2D eigenvalue weighted by Crippen LogP contribution is 2.38. The molecule has 3 atom stereocenters. The van der Waals surface area contributed by atoms with Crippen LogP contribution in [0, 0.1) is 11.8 Å². The van der Waals surface area contributed by atoms with Crippen LogP contribution >= 0.6 is 0 Å². The van der Waals surface area contributed by atoms with E-state index in [-0.39, 0.29) is 41.8 Å². The van der Waals surface area contributed by atoms with E-state index < -0.39 is 39.6 Å². The minimum absolute atomic E-state index is 0.153. The Kier molecular flexibility index (Phi) is 7.17. The third-order valence-corrected chi connectivity index (χ3v) is 6.21. The summed E-state index contributed by atoms with van der Waals surface area (Å²) >= 11 is 0. The maximum Gasteiger partial charge on any atom is 0.433 e. The van der Waals surface area contributed by atoms with Crippen molar-refractivity contribution < 1.29 is 35.7 Å². The molecule has 1 aromatic carbocycles. The summed E-state index contributed by atoms with van der Waals surface area (Å²) in [6, 6.07) is 8.01. The minimum atomic E-state index is -4.67. The van der Waals surface area contributed by atoms with Crippen molar-refractivity contribution in [2.45, 2.75) is 32.0 Å². The average molecular weight is 488 g/mol. The zero-order valence-electron chi connectivity index (χ0n) is 17.7. The first kappa shape index (κ1) is 24.8. The van der Waals surface area contributed by atoms with Crippen molar-refractivity contribution in [3.05, 3.63) is 53.2 Å². The van der Waals surface area contributed by atoms with Crippen molar-refractivity contribution in [2.75, 3.05) is 18.1 Å². The molecule has 1 saturated carbocycles. The largest absolute Gasteiger partial charge is 0.477 e. The second kappa shape index (κ2) is 9.56. The Morgan fingerprint density at radius 1 is 1.30 bits per heavy atom. The molecule has 1 fully saturated rings. The van der Waals surface area contributed by atoms with Gasteiger partial charge in [-0.15, -0.1) is 0 Å². The molecule has 33 heavy (non-hydrogen) atoms. The van der Waals surface area contributed by atoms with E-state index in [1.165, 1.54) is 12.1 Å². The molecule has 0 aliphatic heterocycles. The Bertz CT molecular complexity index is 1120. The number of nitrogen functional groups attached to an aromatic ring is 1. The van der Waals surface area contributed by atoms with Crippen molar-refractivity contribution >= 4 is 21.7 Å². The number of nitrogens with one attached hydrogen (secondary N) is 1. The van der Waals surface area contributed by atoms with Crippen LogP contribution in [0.1, 0.15) is 36.1 Å². The van der Waals surface area contributed by atoms with Gasteiger partial charge in [0, 0.05) is 17.8 Å². The summed E-state index contributed by atoms with van der Waals surface area (Å²) in [6.07, 6.45) is -3.76. The Balaban J connectivity index is 1.80. The zero-order valence-corrected chi connectivity index (χ0v) is 18.5. The number of para-hydroxylation sites is 1. The number of halogens is 3. The van der Waals surface area contributed by atoms with Crippen molar-refractivity contribution in [3.63, 3.8) is 0 Å². The number of alkyl halides is 3. The first-order chi connectivity index (χ1) is 15.3. The van der Waals surface area contributed by atoms with Gasteiger partial charge in [0.25, 0.3) is 10.1 Å². The third kappa shape index (κ3) is 6.81. The van der Waals surface area contributed by atoms with E-state index in [0.29, 0.717) is 5.92 Å². The van der Waals surface area contributed by atoms with Gasteiger partial charge in [-0.05, 0) is 42.0 Å². The summed E-state index contributed by atoms with van der Waals surface area (Å²) in [7, 11) is -4.54. The number of aromatic nitrogens is 1. The molecule has 1 heterocycles. The molecule has 2 aromatic rings. The van der Waals surface area contributed by atoms with E-state index in [1.807, 2.05) is 6.92 Å². The van der Waals surface area contributed by atoms with Gasteiger partial charge < -0.3 is 15.8 Å². The number of carbonyl (C=O) groups is 1. The number of carbonyl (C=O) groups excluding carboxylic acids is 1. The molecule has 1 aromatic heterocycles. The van der Waals surface area contributed by atoms with Gasteiger partial charge in [0.2, 0.25) is 11.8 Å². The van der Waals surface area contributed by atoms with Crippen LogP contribution in [0.2, 0.25) is 0 Å². The maximum atomic E-state index is 13.1. The Morgan fingerprint density at radius 3 is 2.55 bits per heavy atom. The summed E-state index contributed by atoms with van der Waals surface area (Å²) in [5.41, 5.74) is 5.27. The van der Waals surface area contributed by atoms with Crippen LogP contribution in [0.15, 0.2) is 36.4 Å². The topological polar surface area (TPSA) is 132 Å². The van der Waals surface area contributed by atoms with Crippen LogP contribution in [-0.2, 0) is 27.6 Å². The van der Waals surface area contributed by atoms with Crippen molar-refractivity contribution in [3.8, 4) is 5.88 Å². The van der Waals surface area contributed by atoms with Gasteiger partial charge in [-0.2, -0.15) is 21.6 Å². The number of nitrogens with zero attached hydrogens (tertiary/aromatic N) is 1. The molecule has 0 radical (unpaired) electrons. The van der Waals surface area contributed by atoms with E-state index in [0.717, 1.165) is 18.6 Å². The van der Waals surface area contributed by atoms with Crippen LogP contribution in [0.5, 0.6) is 5.88 Å². The molecular weight excluding hydrogens is 463 g/mol. The summed E-state index contributed by atoms with van der Waals surface area (Å²) < 4.78 is 77.0. The fourth-order valence-corrected chi connectivity index (χ4v) is 4.11. The fraction of sp³-hybridized carbons (Fsp3) is 0.429. The Morgan fingerprint density at radius 2 is 1.97 bits per heavy atom. The lowest BCUT2D eigenvalue weighted by Gasteiger charge is -2.19. The second-order valence-corrected chi connectivity index (χ2v) is 9.59. The molecule has 12 heteroatoms. The second-order valence-electron chi connectivity index (χ2n) is 8.09. The standard InChI is InChI=1S/C21H24F3N3O5S/c1-12-8-14(12)10-32-20-13(6-7-18(27-20)21(22,23)24)9-26-19(28)16(11-33(29,30)31)15-4-2-3-5-17(15)25/h2-7,12,14,16H,8-11,25H2,1H3,(H,26,28)(H,29,30,31). The van der Waals surface area contributed by atoms with Crippen LogP contribution in [-0.4, -0.2) is 36.2 Å². The number of hydrogen-bond acceptors (Lipinski definition) is 6. The lowest BCUT2D eigenvalue weighted by Crippen LogP contribution is -2.33. The number of benzene rings is 1. The van der Waals surface area contributed by atoms with Gasteiger partial charge in [-0.25, -0.2) is 4.98 Å². The number of rotatable bonds is 9. The summed E-state index contributed by atoms with van der Waals surface area (Å²) in [5.74, 6) is -2.65. The molecule has 3 unspecified atom stereocenters. The van der Waals surface area contributed by atoms with Crippen LogP contribution < -0.4 is 15.8 Å². The normalized spacial score (nSPS) is 19.1. The Labute approximate surface area is 189 Å². The monoisotopic (exact) mass is 487 g/mol. The van der Waals surface area contributed by atoms with E-state index in [1.54, 1.807) is 12.1 Å². The minimum Gasteiger partial charge on any atom is -0.477 e. The third-order valence-electron chi connectivity index (χ3n) is 5.46. The molecule has 0 spiro atoms. The van der Waals surface area contributed by atoms with Crippen LogP contribution in [0.4, 0.5) is 18.9 Å². The highest BCUT2D eigenvalue weighted by atomic mass is 32.2. The smallest absolute Gasteiger partial charge is 0.433 e. The molecule has 8 nitrogen and oxygen atoms in total. The molecule has 180 valence electrons. The summed E-state index contributed by atoms with van der Waals surface area (Å²) in [4.78, 5) is 16.4. The van der Waals surface area contributed by atoms with Crippen LogP contribution in [0.3, 0.4) is 0 Å². The van der Waals surface area contributed by atoms with Gasteiger partial charge in [0.05, 0.1) is 18.3 Å².